The Kier molecular flexibility index (Phi) is 4.60. The van der Waals surface area contributed by atoms with E-state index < -0.39 is 0 Å². The number of allylic oxidation sites excluding steroid dienone is 1. The Bertz CT molecular complexity index is 654. The number of fused-ring (bicyclic) bond motifs is 1. The van der Waals surface area contributed by atoms with Crippen LogP contribution in [0.3, 0.4) is 0 Å². The summed E-state index contributed by atoms with van der Waals surface area (Å²) in [6, 6.07) is 10.7. The first kappa shape index (κ1) is 14.6. The van der Waals surface area contributed by atoms with Crippen molar-refractivity contribution in [3.05, 3.63) is 47.2 Å². The van der Waals surface area contributed by atoms with Gasteiger partial charge < -0.3 is 0 Å². The van der Waals surface area contributed by atoms with Crippen LogP contribution in [0.4, 0.5) is 0 Å². The van der Waals surface area contributed by atoms with Crippen LogP contribution in [0, 0.1) is 12.8 Å². The van der Waals surface area contributed by atoms with Gasteiger partial charge in [-0.05, 0) is 49.4 Å². The van der Waals surface area contributed by atoms with Crippen LogP contribution in [-0.2, 0) is 0 Å². The molecule has 0 N–H and O–H groups in total. The van der Waals surface area contributed by atoms with Gasteiger partial charge in [-0.15, -0.1) is 11.6 Å². The number of alkyl halides is 1. The molecule has 1 aromatic heterocycles. The zero-order chi connectivity index (χ0) is 14.7. The summed E-state index contributed by atoms with van der Waals surface area (Å²) in [5.74, 6) is 1.33. The molecule has 0 spiro atoms. The Labute approximate surface area is 132 Å². The van der Waals surface area contributed by atoms with E-state index in [1.54, 1.807) is 0 Å². The largest absolute Gasteiger partial charge is 0.253 e. The highest BCUT2D eigenvalue weighted by molar-refractivity contribution is 6.19. The van der Waals surface area contributed by atoms with Crippen molar-refractivity contribution in [3.63, 3.8) is 0 Å². The number of nitrogens with zero attached hydrogens (tertiary/aromatic N) is 1. The highest BCUT2D eigenvalue weighted by atomic mass is 35.5. The van der Waals surface area contributed by atoms with E-state index in [1.807, 2.05) is 6.92 Å². The van der Waals surface area contributed by atoms with Crippen molar-refractivity contribution >= 4 is 28.6 Å². The number of aromatic nitrogens is 1. The lowest BCUT2D eigenvalue weighted by Crippen LogP contribution is -2.10. The highest BCUT2D eigenvalue weighted by Crippen LogP contribution is 2.31. The highest BCUT2D eigenvalue weighted by Gasteiger charge is 2.17. The van der Waals surface area contributed by atoms with E-state index in [-0.39, 0.29) is 0 Å². The summed E-state index contributed by atoms with van der Waals surface area (Å²) in [4.78, 5) is 4.56. The van der Waals surface area contributed by atoms with Crippen molar-refractivity contribution in [2.45, 2.75) is 39.0 Å². The third kappa shape index (κ3) is 3.47. The fourth-order valence-electron chi connectivity index (χ4n) is 3.29. The van der Waals surface area contributed by atoms with E-state index in [0.29, 0.717) is 11.8 Å². The Hall–Kier alpha value is -1.34. The monoisotopic (exact) mass is 299 g/mol. The minimum atomic E-state index is 0.648. The predicted octanol–water partition coefficient (Wildman–Crippen LogP) is 5.75. The first-order chi connectivity index (χ1) is 10.3. The summed E-state index contributed by atoms with van der Waals surface area (Å²) in [6.07, 6.45) is 8.97. The molecule has 0 amide bonds. The summed E-state index contributed by atoms with van der Waals surface area (Å²) >= 11 is 6.21. The average Bonchev–Trinajstić information content (AvgIpc) is 2.53. The lowest BCUT2D eigenvalue weighted by Gasteiger charge is -2.23. The van der Waals surface area contributed by atoms with Gasteiger partial charge in [0.25, 0.3) is 0 Å². The third-order valence-electron chi connectivity index (χ3n) is 4.49. The SMILES string of the molecule is Cc1ccc2cc(/C=C(/CCl)C3CCCCC3)ccc2n1. The van der Waals surface area contributed by atoms with E-state index in [2.05, 4.69) is 41.4 Å². The molecule has 0 radical (unpaired) electrons. The lowest BCUT2D eigenvalue weighted by atomic mass is 9.83. The molecule has 0 unspecified atom stereocenters. The van der Waals surface area contributed by atoms with Crippen LogP contribution in [0.25, 0.3) is 17.0 Å². The number of pyridine rings is 1. The van der Waals surface area contributed by atoms with E-state index >= 15 is 0 Å². The van der Waals surface area contributed by atoms with Crippen LogP contribution < -0.4 is 0 Å². The van der Waals surface area contributed by atoms with Crippen LogP contribution in [0.5, 0.6) is 0 Å². The second-order valence-electron chi connectivity index (χ2n) is 6.09. The molecule has 0 atom stereocenters. The number of hydrogen-bond acceptors (Lipinski definition) is 1. The molecule has 1 heterocycles. The number of halogens is 1. The van der Waals surface area contributed by atoms with Gasteiger partial charge in [0, 0.05) is 17.0 Å². The van der Waals surface area contributed by atoms with Gasteiger partial charge in [-0.2, -0.15) is 0 Å². The van der Waals surface area contributed by atoms with Gasteiger partial charge in [-0.25, -0.2) is 0 Å². The number of hydrogen-bond donors (Lipinski definition) is 0. The number of aryl methyl sites for hydroxylation is 1. The molecule has 110 valence electrons. The fraction of sp³-hybridized carbons (Fsp3) is 0.421. The minimum absolute atomic E-state index is 0.648. The maximum Gasteiger partial charge on any atom is 0.0705 e. The van der Waals surface area contributed by atoms with Crippen molar-refractivity contribution < 1.29 is 0 Å². The molecular formula is C19H22ClN. The number of rotatable bonds is 3. The number of benzene rings is 1. The van der Waals surface area contributed by atoms with Crippen LogP contribution >= 0.6 is 11.6 Å². The van der Waals surface area contributed by atoms with Gasteiger partial charge in [0.05, 0.1) is 5.52 Å². The van der Waals surface area contributed by atoms with E-state index in [0.717, 1.165) is 11.2 Å². The standard InChI is InChI=1S/C19H22ClN/c1-14-7-9-17-11-15(8-10-19(17)21-14)12-18(13-20)16-5-3-2-4-6-16/h7-12,16H,2-6,13H2,1H3/b18-12-. The maximum atomic E-state index is 6.21. The quantitative estimate of drug-likeness (QED) is 0.658. The van der Waals surface area contributed by atoms with E-state index in [9.17, 15) is 0 Å². The lowest BCUT2D eigenvalue weighted by molar-refractivity contribution is 0.405. The van der Waals surface area contributed by atoms with Crippen molar-refractivity contribution in [2.75, 3.05) is 5.88 Å². The fourth-order valence-corrected chi connectivity index (χ4v) is 3.58. The van der Waals surface area contributed by atoms with Crippen molar-refractivity contribution in [2.24, 2.45) is 5.92 Å². The van der Waals surface area contributed by atoms with Crippen molar-refractivity contribution in [1.29, 1.82) is 0 Å². The predicted molar refractivity (Wildman–Crippen MR) is 91.8 cm³/mol. The molecule has 1 aliphatic rings. The summed E-state index contributed by atoms with van der Waals surface area (Å²) in [7, 11) is 0. The molecule has 1 saturated carbocycles. The van der Waals surface area contributed by atoms with Gasteiger partial charge in [0.15, 0.2) is 0 Å². The Morgan fingerprint density at radius 2 is 2.00 bits per heavy atom. The van der Waals surface area contributed by atoms with Crippen molar-refractivity contribution in [1.82, 2.24) is 4.98 Å². The molecule has 3 rings (SSSR count). The molecule has 2 aromatic rings. The van der Waals surface area contributed by atoms with Gasteiger partial charge >= 0.3 is 0 Å². The molecular weight excluding hydrogens is 278 g/mol. The zero-order valence-electron chi connectivity index (χ0n) is 12.6. The minimum Gasteiger partial charge on any atom is -0.253 e. The van der Waals surface area contributed by atoms with Gasteiger partial charge in [-0.1, -0.05) is 43.0 Å². The second-order valence-corrected chi connectivity index (χ2v) is 6.36. The summed E-state index contributed by atoms with van der Waals surface area (Å²) in [5.41, 5.74) is 4.77. The van der Waals surface area contributed by atoms with Gasteiger partial charge in [0.2, 0.25) is 0 Å². The molecule has 21 heavy (non-hydrogen) atoms. The topological polar surface area (TPSA) is 12.9 Å². The molecule has 0 aliphatic heterocycles. The normalized spacial score (nSPS) is 17.3. The molecule has 1 fully saturated rings. The van der Waals surface area contributed by atoms with Gasteiger partial charge in [-0.3, -0.25) is 4.98 Å². The maximum absolute atomic E-state index is 6.21. The van der Waals surface area contributed by atoms with Crippen LogP contribution in [0.15, 0.2) is 35.9 Å². The van der Waals surface area contributed by atoms with Crippen LogP contribution in [-0.4, -0.2) is 10.9 Å². The molecule has 0 saturated heterocycles. The second kappa shape index (κ2) is 6.62. The third-order valence-corrected chi connectivity index (χ3v) is 4.80. The van der Waals surface area contributed by atoms with Crippen LogP contribution in [0.2, 0.25) is 0 Å². The molecule has 0 bridgehead atoms. The van der Waals surface area contributed by atoms with E-state index in [1.165, 1.54) is 48.6 Å². The van der Waals surface area contributed by atoms with E-state index in [4.69, 9.17) is 11.6 Å². The average molecular weight is 300 g/mol. The molecule has 1 aromatic carbocycles. The first-order valence-electron chi connectivity index (χ1n) is 7.90. The van der Waals surface area contributed by atoms with Crippen LogP contribution in [0.1, 0.15) is 43.4 Å². The Balaban J connectivity index is 1.90. The Morgan fingerprint density at radius 3 is 2.76 bits per heavy atom. The summed E-state index contributed by atoms with van der Waals surface area (Å²) in [6.45, 7) is 2.03. The molecule has 1 aliphatic carbocycles. The Morgan fingerprint density at radius 1 is 1.19 bits per heavy atom. The molecule has 2 heteroatoms. The van der Waals surface area contributed by atoms with Crippen molar-refractivity contribution in [3.8, 4) is 0 Å². The summed E-state index contributed by atoms with van der Waals surface area (Å²) < 4.78 is 0. The first-order valence-corrected chi connectivity index (χ1v) is 8.43. The summed E-state index contributed by atoms with van der Waals surface area (Å²) in [5, 5.41) is 1.20. The smallest absolute Gasteiger partial charge is 0.0705 e. The zero-order valence-corrected chi connectivity index (χ0v) is 13.4. The van der Waals surface area contributed by atoms with Gasteiger partial charge in [0.1, 0.15) is 0 Å². The molecule has 1 nitrogen and oxygen atoms in total.